The number of carbonyl (C=O) groups is 1. The van der Waals surface area contributed by atoms with Crippen LogP contribution in [0.3, 0.4) is 0 Å². The van der Waals surface area contributed by atoms with Crippen LogP contribution in [-0.4, -0.2) is 52.7 Å². The molecule has 0 bridgehead atoms. The van der Waals surface area contributed by atoms with E-state index in [-0.39, 0.29) is 17.7 Å². The lowest BCUT2D eigenvalue weighted by molar-refractivity contribution is -0.139. The van der Waals surface area contributed by atoms with Gasteiger partial charge in [0.2, 0.25) is 5.75 Å². The second-order valence-electron chi connectivity index (χ2n) is 8.34. The largest absolute Gasteiger partial charge is 0.493 e. The molecular weight excluding hydrogens is 524 g/mol. The summed E-state index contributed by atoms with van der Waals surface area (Å²) in [7, 11) is 7.59. The number of nitrogens with zero attached hydrogens (tertiary/aromatic N) is 2. The normalized spacial score (nSPS) is 14.8. The molecule has 0 spiro atoms. The molecule has 2 heterocycles. The van der Waals surface area contributed by atoms with Gasteiger partial charge in [0.15, 0.2) is 27.8 Å². The van der Waals surface area contributed by atoms with Gasteiger partial charge in [-0.25, -0.2) is 9.79 Å². The number of hydrogen-bond donors (Lipinski definition) is 0. The maximum atomic E-state index is 14.0. The van der Waals surface area contributed by atoms with Gasteiger partial charge in [-0.05, 0) is 43.7 Å². The molecule has 0 amide bonds. The van der Waals surface area contributed by atoms with Crippen LogP contribution in [0.2, 0.25) is 0 Å². The quantitative estimate of drug-likeness (QED) is 0.372. The number of ether oxygens (including phenoxy) is 6. The van der Waals surface area contributed by atoms with Crippen molar-refractivity contribution in [3.8, 4) is 28.7 Å². The van der Waals surface area contributed by atoms with Crippen molar-refractivity contribution in [1.29, 1.82) is 0 Å². The molecule has 0 saturated carbocycles. The number of fused-ring (bicyclic) bond motifs is 1. The minimum atomic E-state index is -0.858. The van der Waals surface area contributed by atoms with E-state index >= 15 is 0 Å². The number of benzene rings is 2. The molecule has 0 unspecified atom stereocenters. The Balaban J connectivity index is 2.03. The number of methoxy groups -OCH3 is 5. The van der Waals surface area contributed by atoms with Crippen LogP contribution in [0, 0.1) is 0 Å². The van der Waals surface area contributed by atoms with Crippen LogP contribution in [0.4, 0.5) is 0 Å². The first-order chi connectivity index (χ1) is 18.8. The Bertz CT molecular complexity index is 1590. The molecule has 39 heavy (non-hydrogen) atoms. The van der Waals surface area contributed by atoms with E-state index in [0.717, 1.165) is 0 Å². The first-order valence-electron chi connectivity index (χ1n) is 12.0. The number of carbonyl (C=O) groups excluding carboxylic acids is 1. The highest BCUT2D eigenvalue weighted by Gasteiger charge is 2.34. The molecular formula is C28H30N2O8S. The van der Waals surface area contributed by atoms with Gasteiger partial charge in [-0.1, -0.05) is 23.5 Å². The zero-order chi connectivity index (χ0) is 28.3. The standard InChI is InChI=1S/C28H30N2O8S/c1-8-38-27(32)22-15(2)29-28-30(23(22)17-12-19(34-4)25(37-7)20(13-17)35-5)26(31)21(39-28)14-16-10-9-11-18(33-3)24(16)36-6/h9-14,23H,8H2,1-7H3/b21-14-/t23-/m1/s1. The smallest absolute Gasteiger partial charge is 0.338 e. The third-order valence-corrected chi connectivity index (χ3v) is 7.22. The molecule has 1 aliphatic rings. The molecule has 0 saturated heterocycles. The van der Waals surface area contributed by atoms with Crippen LogP contribution >= 0.6 is 11.3 Å². The fraction of sp³-hybridized carbons (Fsp3) is 0.321. The Morgan fingerprint density at radius 3 is 2.18 bits per heavy atom. The molecule has 206 valence electrons. The molecule has 11 heteroatoms. The summed E-state index contributed by atoms with van der Waals surface area (Å²) in [6.45, 7) is 3.61. The number of rotatable bonds is 9. The highest BCUT2D eigenvalue weighted by Crippen LogP contribution is 2.42. The zero-order valence-electron chi connectivity index (χ0n) is 22.8. The van der Waals surface area contributed by atoms with E-state index in [1.807, 2.05) is 12.1 Å². The number of aromatic nitrogens is 1. The number of esters is 1. The van der Waals surface area contributed by atoms with Crippen LogP contribution in [0.25, 0.3) is 6.08 Å². The van der Waals surface area contributed by atoms with Gasteiger partial charge < -0.3 is 28.4 Å². The maximum absolute atomic E-state index is 14.0. The van der Waals surface area contributed by atoms with E-state index < -0.39 is 12.0 Å². The van der Waals surface area contributed by atoms with Crippen molar-refractivity contribution in [2.45, 2.75) is 19.9 Å². The van der Waals surface area contributed by atoms with Crippen molar-refractivity contribution in [2.75, 3.05) is 42.2 Å². The molecule has 3 aromatic rings. The molecule has 0 radical (unpaired) electrons. The molecule has 0 N–H and O–H groups in total. The van der Waals surface area contributed by atoms with Gasteiger partial charge in [-0.3, -0.25) is 9.36 Å². The van der Waals surface area contributed by atoms with Gasteiger partial charge in [0.25, 0.3) is 5.56 Å². The van der Waals surface area contributed by atoms with Crippen molar-refractivity contribution in [1.82, 2.24) is 4.57 Å². The van der Waals surface area contributed by atoms with Gasteiger partial charge >= 0.3 is 5.97 Å². The highest BCUT2D eigenvalue weighted by atomic mass is 32.1. The number of hydrogen-bond acceptors (Lipinski definition) is 10. The van der Waals surface area contributed by atoms with E-state index in [1.165, 1.54) is 44.3 Å². The van der Waals surface area contributed by atoms with E-state index in [0.29, 0.717) is 54.9 Å². The Hall–Kier alpha value is -4.25. The minimum absolute atomic E-state index is 0.164. The highest BCUT2D eigenvalue weighted by molar-refractivity contribution is 7.07. The Morgan fingerprint density at radius 2 is 1.62 bits per heavy atom. The van der Waals surface area contributed by atoms with Gasteiger partial charge in [-0.15, -0.1) is 0 Å². The fourth-order valence-corrected chi connectivity index (χ4v) is 5.57. The first-order valence-corrected chi connectivity index (χ1v) is 12.9. The lowest BCUT2D eigenvalue weighted by Gasteiger charge is -2.26. The zero-order valence-corrected chi connectivity index (χ0v) is 23.6. The van der Waals surface area contributed by atoms with Crippen LogP contribution < -0.4 is 38.6 Å². The van der Waals surface area contributed by atoms with Crippen molar-refractivity contribution in [3.05, 3.63) is 72.4 Å². The van der Waals surface area contributed by atoms with Crippen molar-refractivity contribution in [2.24, 2.45) is 4.99 Å². The molecule has 1 atom stereocenters. The number of para-hydroxylation sites is 1. The topological polar surface area (TPSA) is 107 Å². The van der Waals surface area contributed by atoms with Crippen LogP contribution in [0.15, 0.2) is 51.4 Å². The summed E-state index contributed by atoms with van der Waals surface area (Å²) >= 11 is 1.20. The summed E-state index contributed by atoms with van der Waals surface area (Å²) in [5.41, 5.74) is 1.57. The molecule has 2 aromatic carbocycles. The SMILES string of the molecule is CCOC(=O)C1=C(C)N=c2s/c(=C\c3cccc(OC)c3OC)c(=O)n2[C@@H]1c1cc(OC)c(OC)c(OC)c1. The van der Waals surface area contributed by atoms with Gasteiger partial charge in [-0.2, -0.15) is 0 Å². The van der Waals surface area contributed by atoms with Crippen molar-refractivity contribution < 1.29 is 33.2 Å². The summed E-state index contributed by atoms with van der Waals surface area (Å²) in [6.07, 6.45) is 1.72. The van der Waals surface area contributed by atoms with E-state index in [2.05, 4.69) is 4.99 Å². The summed E-state index contributed by atoms with van der Waals surface area (Å²) in [5, 5.41) is 0. The van der Waals surface area contributed by atoms with E-state index in [1.54, 1.807) is 45.2 Å². The fourth-order valence-electron chi connectivity index (χ4n) is 4.53. The number of thiazole rings is 1. The lowest BCUT2D eigenvalue weighted by atomic mass is 9.95. The minimum Gasteiger partial charge on any atom is -0.493 e. The third-order valence-electron chi connectivity index (χ3n) is 6.24. The second kappa shape index (κ2) is 11.6. The maximum Gasteiger partial charge on any atom is 0.338 e. The van der Waals surface area contributed by atoms with Crippen LogP contribution in [0.5, 0.6) is 28.7 Å². The molecule has 10 nitrogen and oxygen atoms in total. The van der Waals surface area contributed by atoms with Crippen molar-refractivity contribution >= 4 is 23.4 Å². The third kappa shape index (κ3) is 4.97. The van der Waals surface area contributed by atoms with Crippen LogP contribution in [-0.2, 0) is 9.53 Å². The van der Waals surface area contributed by atoms with Crippen molar-refractivity contribution in [3.63, 3.8) is 0 Å². The summed E-state index contributed by atoms with van der Waals surface area (Å²) in [4.78, 5) is 32.2. The second-order valence-corrected chi connectivity index (χ2v) is 9.35. The molecule has 1 aliphatic heterocycles. The first kappa shape index (κ1) is 27.8. The Kier molecular flexibility index (Phi) is 8.29. The lowest BCUT2D eigenvalue weighted by Crippen LogP contribution is -2.40. The predicted octanol–water partition coefficient (Wildman–Crippen LogP) is 2.84. The molecule has 0 aliphatic carbocycles. The predicted molar refractivity (Wildman–Crippen MR) is 146 cm³/mol. The molecule has 4 rings (SSSR count). The summed E-state index contributed by atoms with van der Waals surface area (Å²) < 4.78 is 34.8. The average Bonchev–Trinajstić information content (AvgIpc) is 3.24. The monoisotopic (exact) mass is 554 g/mol. The van der Waals surface area contributed by atoms with Gasteiger partial charge in [0, 0.05) is 5.56 Å². The van der Waals surface area contributed by atoms with Gasteiger partial charge in [0.1, 0.15) is 0 Å². The molecule has 1 aromatic heterocycles. The average molecular weight is 555 g/mol. The van der Waals surface area contributed by atoms with E-state index in [4.69, 9.17) is 28.4 Å². The number of allylic oxidation sites excluding steroid dienone is 1. The summed E-state index contributed by atoms with van der Waals surface area (Å²) in [6, 6.07) is 7.98. The Labute approximate surface area is 229 Å². The Morgan fingerprint density at radius 1 is 0.974 bits per heavy atom. The molecule has 0 fully saturated rings. The van der Waals surface area contributed by atoms with E-state index in [9.17, 15) is 9.59 Å². The van der Waals surface area contributed by atoms with Crippen LogP contribution in [0.1, 0.15) is 31.0 Å². The summed E-state index contributed by atoms with van der Waals surface area (Å²) in [5.74, 6) is 1.62. The van der Waals surface area contributed by atoms with Gasteiger partial charge in [0.05, 0.1) is 64.0 Å².